The van der Waals surface area contributed by atoms with E-state index in [1.54, 1.807) is 0 Å². The van der Waals surface area contributed by atoms with Crippen LogP contribution in [0.1, 0.15) is 30.9 Å². The molecule has 0 N–H and O–H groups in total. The lowest BCUT2D eigenvalue weighted by molar-refractivity contribution is -0.106. The molecule has 15 heavy (non-hydrogen) atoms. The molecule has 0 fully saturated rings. The molecular weight excluding hydrogens is 183 g/mol. The van der Waals surface area contributed by atoms with Gasteiger partial charge in [-0.2, -0.15) is 0 Å². The van der Waals surface area contributed by atoms with Crippen LogP contribution in [0, 0.1) is 6.92 Å². The van der Waals surface area contributed by atoms with E-state index in [1.165, 1.54) is 30.4 Å². The molecule has 0 heterocycles. The Morgan fingerprint density at radius 3 is 2.20 bits per heavy atom. The highest BCUT2D eigenvalue weighted by molar-refractivity contribution is 6.15. The predicted molar refractivity (Wildman–Crippen MR) is 66.4 cm³/mol. The summed E-state index contributed by atoms with van der Waals surface area (Å²) >= 11 is 0. The highest BCUT2D eigenvalue weighted by Crippen LogP contribution is 2.06. The topological polar surface area (TPSA) is 17.1 Å². The normalized spacial score (nSPS) is 8.93. The van der Waals surface area contributed by atoms with Crippen LogP contribution < -0.4 is 0 Å². The first-order valence-electron chi connectivity index (χ1n) is 5.43. The molecule has 0 aromatic heterocycles. The molecule has 2 radical (unpaired) electrons. The van der Waals surface area contributed by atoms with Gasteiger partial charge in [-0.1, -0.05) is 43.2 Å². The van der Waals surface area contributed by atoms with Gasteiger partial charge in [-0.25, -0.2) is 0 Å². The van der Waals surface area contributed by atoms with E-state index < -0.39 is 0 Å². The Balaban J connectivity index is 0.000000423. The van der Waals surface area contributed by atoms with Crippen molar-refractivity contribution in [2.24, 2.45) is 0 Å². The standard InChI is InChI=1S/C11H16.C2H3BO/c1-3-4-5-11-8-6-10(2)7-9-11;3-1-2-4/h6-9H,3-5H2,1-2H3;2H,1H2. The maximum atomic E-state index is 9.05. The van der Waals surface area contributed by atoms with E-state index in [0.29, 0.717) is 6.29 Å². The Labute approximate surface area is 94.3 Å². The summed E-state index contributed by atoms with van der Waals surface area (Å²) in [5, 5.41) is 0. The first kappa shape index (κ1) is 14.0. The van der Waals surface area contributed by atoms with Crippen LogP contribution in [0.25, 0.3) is 0 Å². The van der Waals surface area contributed by atoms with Crippen molar-refractivity contribution in [1.82, 2.24) is 0 Å². The van der Waals surface area contributed by atoms with E-state index in [-0.39, 0.29) is 6.32 Å². The van der Waals surface area contributed by atoms with Gasteiger partial charge in [-0.05, 0) is 31.6 Å². The number of unbranched alkanes of at least 4 members (excludes halogenated alkanes) is 1. The van der Waals surface area contributed by atoms with Crippen molar-refractivity contribution in [3.63, 3.8) is 0 Å². The molecule has 80 valence electrons. The fourth-order valence-corrected chi connectivity index (χ4v) is 1.14. The molecule has 1 aromatic carbocycles. The number of rotatable bonds is 4. The molecule has 0 amide bonds. The number of aryl methyl sites for hydroxylation is 2. The third kappa shape index (κ3) is 7.98. The maximum Gasteiger partial charge on any atom is 0.111 e. The van der Waals surface area contributed by atoms with Crippen LogP contribution in [0.2, 0.25) is 6.32 Å². The molecule has 0 saturated carbocycles. The minimum Gasteiger partial charge on any atom is -0.304 e. The second kappa shape index (κ2) is 9.51. The van der Waals surface area contributed by atoms with Crippen LogP contribution in [0.4, 0.5) is 0 Å². The van der Waals surface area contributed by atoms with Crippen LogP contribution in [0.15, 0.2) is 24.3 Å². The number of hydrogen-bond acceptors (Lipinski definition) is 1. The van der Waals surface area contributed by atoms with Gasteiger partial charge < -0.3 is 4.79 Å². The van der Waals surface area contributed by atoms with Gasteiger partial charge >= 0.3 is 0 Å². The highest BCUT2D eigenvalue weighted by atomic mass is 16.1. The lowest BCUT2D eigenvalue weighted by atomic mass is 10.1. The molecule has 0 unspecified atom stereocenters. The van der Waals surface area contributed by atoms with Crippen molar-refractivity contribution in [2.75, 3.05) is 0 Å². The molecule has 0 aliphatic heterocycles. The summed E-state index contributed by atoms with van der Waals surface area (Å²) < 4.78 is 0. The predicted octanol–water partition coefficient (Wildman–Crippen LogP) is 3.11. The lowest BCUT2D eigenvalue weighted by Gasteiger charge is -1.99. The van der Waals surface area contributed by atoms with Crippen molar-refractivity contribution < 1.29 is 4.79 Å². The van der Waals surface area contributed by atoms with Crippen molar-refractivity contribution in [1.29, 1.82) is 0 Å². The van der Waals surface area contributed by atoms with Gasteiger partial charge in [0.15, 0.2) is 0 Å². The third-order valence-corrected chi connectivity index (χ3v) is 2.04. The summed E-state index contributed by atoms with van der Waals surface area (Å²) in [5.74, 6) is 0. The Hall–Kier alpha value is -1.05. The first-order chi connectivity index (χ1) is 7.24. The van der Waals surface area contributed by atoms with E-state index >= 15 is 0 Å². The van der Waals surface area contributed by atoms with E-state index in [9.17, 15) is 0 Å². The van der Waals surface area contributed by atoms with E-state index in [2.05, 4.69) is 46.0 Å². The molecule has 1 nitrogen and oxygen atoms in total. The molecule has 1 rings (SSSR count). The van der Waals surface area contributed by atoms with Gasteiger partial charge in [0.2, 0.25) is 0 Å². The van der Waals surface area contributed by atoms with Gasteiger partial charge in [0.05, 0.1) is 7.85 Å². The summed E-state index contributed by atoms with van der Waals surface area (Å²) in [4.78, 5) is 9.05. The largest absolute Gasteiger partial charge is 0.304 e. The molecule has 0 bridgehead atoms. The molecule has 0 atom stereocenters. The van der Waals surface area contributed by atoms with E-state index in [1.807, 2.05) is 0 Å². The average Bonchev–Trinajstić information content (AvgIpc) is 2.29. The Bertz CT molecular complexity index is 254. The molecule has 2 heteroatoms. The SMILES string of the molecule is CCCCc1ccc(C)cc1.[B]CC=O. The minimum atomic E-state index is 0.139. The monoisotopic (exact) mass is 202 g/mol. The van der Waals surface area contributed by atoms with E-state index in [4.69, 9.17) is 4.79 Å². The highest BCUT2D eigenvalue weighted by Gasteiger charge is 1.90. The summed E-state index contributed by atoms with van der Waals surface area (Å²) in [6.07, 6.45) is 4.62. The van der Waals surface area contributed by atoms with Gasteiger partial charge in [0, 0.05) is 0 Å². The summed E-state index contributed by atoms with van der Waals surface area (Å²) in [6.45, 7) is 4.36. The van der Waals surface area contributed by atoms with Crippen molar-refractivity contribution in [2.45, 2.75) is 39.4 Å². The Morgan fingerprint density at radius 2 is 1.80 bits per heavy atom. The molecule has 0 spiro atoms. The third-order valence-electron chi connectivity index (χ3n) is 2.04. The van der Waals surface area contributed by atoms with Gasteiger partial charge in [-0.15, -0.1) is 0 Å². The van der Waals surface area contributed by atoms with Gasteiger partial charge in [-0.3, -0.25) is 0 Å². The van der Waals surface area contributed by atoms with Gasteiger partial charge in [0.25, 0.3) is 0 Å². The quantitative estimate of drug-likeness (QED) is 0.541. The first-order valence-corrected chi connectivity index (χ1v) is 5.43. The zero-order valence-electron chi connectivity index (χ0n) is 9.70. The number of carbonyl (C=O) groups is 1. The van der Waals surface area contributed by atoms with Crippen molar-refractivity contribution in [3.8, 4) is 0 Å². The summed E-state index contributed by atoms with van der Waals surface area (Å²) in [7, 11) is 4.66. The fraction of sp³-hybridized carbons (Fsp3) is 0.462. The number of benzene rings is 1. The Kier molecular flexibility index (Phi) is 8.85. The fourth-order valence-electron chi connectivity index (χ4n) is 1.14. The second-order valence-electron chi connectivity index (χ2n) is 3.49. The minimum absolute atomic E-state index is 0.139. The average molecular weight is 202 g/mol. The van der Waals surface area contributed by atoms with Crippen LogP contribution in [0.3, 0.4) is 0 Å². The maximum absolute atomic E-state index is 9.05. The summed E-state index contributed by atoms with van der Waals surface area (Å²) in [6, 6.07) is 8.83. The van der Waals surface area contributed by atoms with Crippen molar-refractivity contribution >= 4 is 14.1 Å². The smallest absolute Gasteiger partial charge is 0.111 e. The van der Waals surface area contributed by atoms with Crippen LogP contribution in [-0.4, -0.2) is 14.1 Å². The van der Waals surface area contributed by atoms with E-state index in [0.717, 1.165) is 0 Å². The van der Waals surface area contributed by atoms with Crippen LogP contribution >= 0.6 is 0 Å². The Morgan fingerprint density at radius 1 is 1.27 bits per heavy atom. The molecule has 1 aromatic rings. The number of carbonyl (C=O) groups excluding carboxylic acids is 1. The van der Waals surface area contributed by atoms with Gasteiger partial charge in [0.1, 0.15) is 6.29 Å². The van der Waals surface area contributed by atoms with Crippen LogP contribution in [0.5, 0.6) is 0 Å². The van der Waals surface area contributed by atoms with Crippen LogP contribution in [-0.2, 0) is 11.2 Å². The van der Waals surface area contributed by atoms with Crippen molar-refractivity contribution in [3.05, 3.63) is 35.4 Å². The molecule has 0 aliphatic rings. The summed E-state index contributed by atoms with van der Waals surface area (Å²) in [5.41, 5.74) is 2.82. The zero-order valence-corrected chi connectivity index (χ0v) is 9.70. The second-order valence-corrected chi connectivity index (χ2v) is 3.49. The number of aldehydes is 1. The molecule has 0 saturated heterocycles. The molecular formula is C13H19BO. The lowest BCUT2D eigenvalue weighted by Crippen LogP contribution is -1.83. The number of hydrogen-bond donors (Lipinski definition) is 0. The zero-order chi connectivity index (χ0) is 11.5. The molecule has 0 aliphatic carbocycles.